The Bertz CT molecular complexity index is 2660. The maximum Gasteiger partial charge on any atom is 0.0541 e. The minimum absolute atomic E-state index is 0.701. The fourth-order valence-electron chi connectivity index (χ4n) is 7.81. The van der Waals surface area contributed by atoms with Gasteiger partial charge < -0.3 is 20.6 Å². The summed E-state index contributed by atoms with van der Waals surface area (Å²) in [5.74, 6) is 0. The monoisotopic (exact) mass is 618 g/mol. The van der Waals surface area contributed by atoms with E-state index in [0.717, 1.165) is 22.4 Å². The molecule has 1 aliphatic carbocycles. The number of para-hydroxylation sites is 3. The number of rotatable bonds is 5. The van der Waals surface area contributed by atoms with Crippen LogP contribution in [0.5, 0.6) is 0 Å². The summed E-state index contributed by atoms with van der Waals surface area (Å²) in [4.78, 5) is 0. The van der Waals surface area contributed by atoms with Gasteiger partial charge in [0.1, 0.15) is 0 Å². The smallest absolute Gasteiger partial charge is 0.0541 e. The number of hydrogen-bond donors (Lipinski definition) is 2. The lowest BCUT2D eigenvalue weighted by atomic mass is 10.00. The van der Waals surface area contributed by atoms with Crippen molar-refractivity contribution in [3.05, 3.63) is 169 Å². The Morgan fingerprint density at radius 3 is 1.96 bits per heavy atom. The van der Waals surface area contributed by atoms with Crippen LogP contribution in [0, 0.1) is 0 Å². The van der Waals surface area contributed by atoms with E-state index in [1.165, 1.54) is 71.6 Å². The summed E-state index contributed by atoms with van der Waals surface area (Å²) in [7, 11) is 0. The van der Waals surface area contributed by atoms with Gasteiger partial charge >= 0.3 is 0 Å². The van der Waals surface area contributed by atoms with Gasteiger partial charge in [0.05, 0.1) is 11.0 Å². The molecule has 2 aromatic heterocycles. The number of anilines is 1. The molecule has 230 valence electrons. The zero-order valence-corrected chi connectivity index (χ0v) is 26.7. The van der Waals surface area contributed by atoms with E-state index in [4.69, 9.17) is 11.5 Å². The number of nitrogens with two attached hydrogens (primary N) is 2. The molecule has 4 heteroatoms. The molecule has 9 rings (SSSR count). The van der Waals surface area contributed by atoms with Crippen molar-refractivity contribution in [2.75, 3.05) is 5.73 Å². The lowest BCUT2D eigenvalue weighted by molar-refractivity contribution is 0.900. The molecule has 0 saturated heterocycles. The fourth-order valence-corrected chi connectivity index (χ4v) is 7.81. The summed E-state index contributed by atoms with van der Waals surface area (Å²) < 4.78 is 4.77. The molecule has 0 spiro atoms. The zero-order valence-electron chi connectivity index (χ0n) is 26.7. The third kappa shape index (κ3) is 4.16. The van der Waals surface area contributed by atoms with Crippen LogP contribution in [0.1, 0.15) is 18.1 Å². The second kappa shape index (κ2) is 10.9. The molecule has 0 aliphatic heterocycles. The standard InChI is InChI=1S/C44H34N4/c1-28-32(22-24-45)36(44-33(28)14-9-15-39(44)46)23-25-47-40-16-7-5-12-34(40)37-26-29(18-20-41(37)47)30-19-21-43-38(27-30)35-13-6-8-17-42(35)48(43)31-10-3-2-4-11-31/h2-24,26-27H,25,45-46H2,1H3/b24-22-,36-23-. The average Bonchev–Trinajstić information content (AvgIpc) is 3.73. The summed E-state index contributed by atoms with van der Waals surface area (Å²) in [6.45, 7) is 2.85. The molecule has 0 unspecified atom stereocenters. The molecule has 8 aromatic rings. The van der Waals surface area contributed by atoms with Crippen LogP contribution in [-0.4, -0.2) is 9.13 Å². The van der Waals surface area contributed by atoms with Gasteiger partial charge in [-0.3, -0.25) is 0 Å². The van der Waals surface area contributed by atoms with E-state index < -0.39 is 0 Å². The number of nitrogen functional groups attached to an aromatic ring is 1. The zero-order chi connectivity index (χ0) is 32.4. The quantitative estimate of drug-likeness (QED) is 0.189. The van der Waals surface area contributed by atoms with Crippen LogP contribution in [0.15, 0.2) is 157 Å². The van der Waals surface area contributed by atoms with Gasteiger partial charge in [-0.1, -0.05) is 84.9 Å². The number of benzene rings is 6. The Morgan fingerprint density at radius 2 is 1.21 bits per heavy atom. The molecule has 1 aliphatic rings. The molecule has 0 amide bonds. The van der Waals surface area contributed by atoms with Gasteiger partial charge in [0.15, 0.2) is 0 Å². The minimum Gasteiger partial charge on any atom is -0.405 e. The Hall–Kier alpha value is -6.26. The highest BCUT2D eigenvalue weighted by atomic mass is 15.0. The highest BCUT2D eigenvalue weighted by molar-refractivity contribution is 6.12. The lowest BCUT2D eigenvalue weighted by Gasteiger charge is -2.10. The van der Waals surface area contributed by atoms with Gasteiger partial charge in [-0.05, 0) is 107 Å². The van der Waals surface area contributed by atoms with Crippen LogP contribution in [-0.2, 0) is 6.54 Å². The third-order valence-electron chi connectivity index (χ3n) is 10.00. The highest BCUT2D eigenvalue weighted by Crippen LogP contribution is 2.45. The second-order valence-electron chi connectivity index (χ2n) is 12.6. The van der Waals surface area contributed by atoms with E-state index >= 15 is 0 Å². The van der Waals surface area contributed by atoms with Crippen LogP contribution in [0.25, 0.3) is 71.6 Å². The van der Waals surface area contributed by atoms with Crippen LogP contribution in [0.2, 0.25) is 0 Å². The molecular formula is C44H34N4. The molecule has 0 fully saturated rings. The van der Waals surface area contributed by atoms with E-state index in [2.05, 4.69) is 143 Å². The maximum absolute atomic E-state index is 6.55. The summed E-state index contributed by atoms with van der Waals surface area (Å²) in [6, 6.07) is 47.9. The van der Waals surface area contributed by atoms with Crippen molar-refractivity contribution in [3.63, 3.8) is 0 Å². The Kier molecular flexibility index (Phi) is 6.37. The van der Waals surface area contributed by atoms with Gasteiger partial charge in [0.2, 0.25) is 0 Å². The van der Waals surface area contributed by atoms with Gasteiger partial charge in [-0.25, -0.2) is 0 Å². The first-order valence-electron chi connectivity index (χ1n) is 16.4. The van der Waals surface area contributed by atoms with E-state index in [1.54, 1.807) is 6.20 Å². The Morgan fingerprint density at radius 1 is 0.604 bits per heavy atom. The van der Waals surface area contributed by atoms with Crippen molar-refractivity contribution in [1.29, 1.82) is 0 Å². The SMILES string of the molecule is CC1=C(/C=C\N)/C(=C/Cn2c3ccccc3c3cc(-c4ccc5c(c4)c4ccccc4n5-c4ccccc4)ccc32)c2c(N)cccc21. The number of fused-ring (bicyclic) bond motifs is 7. The third-order valence-corrected chi connectivity index (χ3v) is 10.00. The lowest BCUT2D eigenvalue weighted by Crippen LogP contribution is -1.98. The topological polar surface area (TPSA) is 61.9 Å². The van der Waals surface area contributed by atoms with Crippen molar-refractivity contribution in [2.24, 2.45) is 5.73 Å². The minimum atomic E-state index is 0.701. The Balaban J connectivity index is 1.18. The molecule has 48 heavy (non-hydrogen) atoms. The normalized spacial score (nSPS) is 14.1. The molecule has 4 nitrogen and oxygen atoms in total. The first kappa shape index (κ1) is 28.0. The molecule has 2 heterocycles. The summed E-state index contributed by atoms with van der Waals surface area (Å²) in [5.41, 5.74) is 27.4. The summed E-state index contributed by atoms with van der Waals surface area (Å²) in [5, 5.41) is 5.00. The van der Waals surface area contributed by atoms with Crippen molar-refractivity contribution >= 4 is 60.4 Å². The van der Waals surface area contributed by atoms with Gasteiger partial charge in [-0.15, -0.1) is 0 Å². The number of nitrogens with zero attached hydrogens (tertiary/aromatic N) is 2. The highest BCUT2D eigenvalue weighted by Gasteiger charge is 2.24. The average molecular weight is 619 g/mol. The largest absolute Gasteiger partial charge is 0.405 e. The maximum atomic E-state index is 6.55. The van der Waals surface area contributed by atoms with Gasteiger partial charge in [-0.2, -0.15) is 0 Å². The fraction of sp³-hybridized carbons (Fsp3) is 0.0455. The van der Waals surface area contributed by atoms with E-state index in [-0.39, 0.29) is 0 Å². The van der Waals surface area contributed by atoms with Crippen LogP contribution < -0.4 is 11.5 Å². The molecule has 6 aromatic carbocycles. The second-order valence-corrected chi connectivity index (χ2v) is 12.6. The predicted molar refractivity (Wildman–Crippen MR) is 204 cm³/mol. The molecule has 0 radical (unpaired) electrons. The molecule has 4 N–H and O–H groups in total. The molecule has 0 bridgehead atoms. The number of allylic oxidation sites excluding steroid dienone is 5. The summed E-state index contributed by atoms with van der Waals surface area (Å²) >= 11 is 0. The molecule has 0 saturated carbocycles. The van der Waals surface area contributed by atoms with E-state index in [0.29, 0.717) is 6.54 Å². The van der Waals surface area contributed by atoms with Crippen molar-refractivity contribution in [2.45, 2.75) is 13.5 Å². The van der Waals surface area contributed by atoms with Crippen molar-refractivity contribution in [3.8, 4) is 16.8 Å². The Labute approximate surface area is 279 Å². The summed E-state index contributed by atoms with van der Waals surface area (Å²) in [6.07, 6.45) is 5.91. The molecule has 0 atom stereocenters. The number of aromatic nitrogens is 2. The van der Waals surface area contributed by atoms with Crippen LogP contribution >= 0.6 is 0 Å². The van der Waals surface area contributed by atoms with Crippen LogP contribution in [0.4, 0.5) is 5.69 Å². The van der Waals surface area contributed by atoms with Gasteiger partial charge in [0, 0.05) is 56.1 Å². The molecular weight excluding hydrogens is 585 g/mol. The first-order chi connectivity index (χ1) is 23.6. The number of hydrogen-bond acceptors (Lipinski definition) is 2. The van der Waals surface area contributed by atoms with E-state index in [1.807, 2.05) is 18.2 Å². The van der Waals surface area contributed by atoms with Crippen molar-refractivity contribution < 1.29 is 0 Å². The van der Waals surface area contributed by atoms with Crippen molar-refractivity contribution in [1.82, 2.24) is 9.13 Å². The first-order valence-corrected chi connectivity index (χ1v) is 16.4. The van der Waals surface area contributed by atoms with Gasteiger partial charge in [0.25, 0.3) is 0 Å². The van der Waals surface area contributed by atoms with E-state index in [9.17, 15) is 0 Å². The predicted octanol–water partition coefficient (Wildman–Crippen LogP) is 10.5. The van der Waals surface area contributed by atoms with Crippen LogP contribution in [0.3, 0.4) is 0 Å².